The molecule has 1 unspecified atom stereocenters. The van der Waals surface area contributed by atoms with Gasteiger partial charge < -0.3 is 15.0 Å². The summed E-state index contributed by atoms with van der Waals surface area (Å²) in [6.07, 6.45) is 3.05. The fraction of sp³-hybridized carbons (Fsp3) is 0.812. The van der Waals surface area contributed by atoms with Crippen molar-refractivity contribution in [1.82, 2.24) is 15.1 Å². The van der Waals surface area contributed by atoms with Crippen LogP contribution in [0.1, 0.15) is 40.0 Å². The van der Waals surface area contributed by atoms with Crippen LogP contribution in [-0.2, 0) is 14.4 Å². The molecule has 0 aliphatic rings. The number of hydrogen-bond donors (Lipinski definition) is 1. The average molecular weight is 313 g/mol. The maximum Gasteiger partial charge on any atom is 0.242 e. The first-order valence-electron chi connectivity index (χ1n) is 7.89. The van der Waals surface area contributed by atoms with E-state index in [-0.39, 0.29) is 24.4 Å². The van der Waals surface area contributed by atoms with E-state index in [4.69, 9.17) is 0 Å². The molecule has 0 heterocycles. The van der Waals surface area contributed by atoms with Crippen molar-refractivity contribution in [1.29, 1.82) is 0 Å². The van der Waals surface area contributed by atoms with E-state index in [0.717, 1.165) is 19.1 Å². The molecule has 22 heavy (non-hydrogen) atoms. The van der Waals surface area contributed by atoms with Gasteiger partial charge in [-0.3, -0.25) is 14.5 Å². The molecule has 6 heteroatoms. The maximum atomic E-state index is 12.1. The van der Waals surface area contributed by atoms with Crippen molar-refractivity contribution in [3.8, 4) is 0 Å². The summed E-state index contributed by atoms with van der Waals surface area (Å²) in [6.45, 7) is 5.95. The van der Waals surface area contributed by atoms with Gasteiger partial charge >= 0.3 is 0 Å². The van der Waals surface area contributed by atoms with Gasteiger partial charge in [0.1, 0.15) is 6.29 Å². The molecule has 2 atom stereocenters. The minimum absolute atomic E-state index is 0.0776. The van der Waals surface area contributed by atoms with Crippen LogP contribution >= 0.6 is 0 Å². The molecule has 0 aromatic heterocycles. The monoisotopic (exact) mass is 313 g/mol. The summed E-state index contributed by atoms with van der Waals surface area (Å²) in [7, 11) is 5.29. The lowest BCUT2D eigenvalue weighted by molar-refractivity contribution is -0.136. The molecule has 0 spiro atoms. The molecule has 0 aromatic rings. The topological polar surface area (TPSA) is 69.7 Å². The standard InChI is InChI=1S/C16H31N3O3/c1-7-8-14(18(4)5)16(22)17-10-15(21)19(6)13(11-20)9-12(2)3/h11-14H,7-10H2,1-6H3,(H,17,22)/t13-,14?/m0/s1. The Morgan fingerprint density at radius 2 is 1.77 bits per heavy atom. The molecule has 0 rings (SSSR count). The lowest BCUT2D eigenvalue weighted by Gasteiger charge is -2.26. The van der Waals surface area contributed by atoms with Gasteiger partial charge in [-0.05, 0) is 32.9 Å². The van der Waals surface area contributed by atoms with Gasteiger partial charge in [-0.2, -0.15) is 0 Å². The van der Waals surface area contributed by atoms with Gasteiger partial charge in [0, 0.05) is 7.05 Å². The van der Waals surface area contributed by atoms with Crippen molar-refractivity contribution in [3.63, 3.8) is 0 Å². The molecular weight excluding hydrogens is 282 g/mol. The molecule has 1 N–H and O–H groups in total. The van der Waals surface area contributed by atoms with Gasteiger partial charge in [0.2, 0.25) is 11.8 Å². The van der Waals surface area contributed by atoms with E-state index >= 15 is 0 Å². The number of nitrogens with zero attached hydrogens (tertiary/aromatic N) is 2. The first-order valence-corrected chi connectivity index (χ1v) is 7.89. The second-order valence-corrected chi connectivity index (χ2v) is 6.32. The molecule has 0 aromatic carbocycles. The van der Waals surface area contributed by atoms with E-state index in [0.29, 0.717) is 12.3 Å². The Kier molecular flexibility index (Phi) is 9.65. The van der Waals surface area contributed by atoms with E-state index in [1.54, 1.807) is 7.05 Å². The highest BCUT2D eigenvalue weighted by Crippen LogP contribution is 2.08. The summed E-state index contributed by atoms with van der Waals surface area (Å²) >= 11 is 0. The van der Waals surface area contributed by atoms with Crippen LogP contribution in [0.25, 0.3) is 0 Å². The molecule has 0 saturated heterocycles. The molecule has 2 amide bonds. The zero-order valence-corrected chi connectivity index (χ0v) is 14.8. The fourth-order valence-corrected chi connectivity index (χ4v) is 2.28. The number of aldehydes is 1. The van der Waals surface area contributed by atoms with Gasteiger partial charge in [0.05, 0.1) is 18.6 Å². The lowest BCUT2D eigenvalue weighted by Crippen LogP contribution is -2.48. The van der Waals surface area contributed by atoms with Gasteiger partial charge in [-0.1, -0.05) is 27.2 Å². The van der Waals surface area contributed by atoms with Crippen molar-refractivity contribution < 1.29 is 14.4 Å². The zero-order chi connectivity index (χ0) is 17.3. The van der Waals surface area contributed by atoms with E-state index < -0.39 is 6.04 Å². The normalized spacial score (nSPS) is 13.8. The second kappa shape index (κ2) is 10.3. The molecule has 0 aliphatic heterocycles. The third-order valence-corrected chi connectivity index (χ3v) is 3.66. The van der Waals surface area contributed by atoms with Crippen LogP contribution in [0.5, 0.6) is 0 Å². The van der Waals surface area contributed by atoms with E-state index in [1.165, 1.54) is 4.90 Å². The molecule has 0 aliphatic carbocycles. The second-order valence-electron chi connectivity index (χ2n) is 6.32. The highest BCUT2D eigenvalue weighted by molar-refractivity contribution is 5.88. The fourth-order valence-electron chi connectivity index (χ4n) is 2.28. The Labute approximate surface area is 134 Å². The van der Waals surface area contributed by atoms with Crippen molar-refractivity contribution in [2.24, 2.45) is 5.92 Å². The number of carbonyl (C=O) groups is 3. The van der Waals surface area contributed by atoms with Crippen LogP contribution in [0.4, 0.5) is 0 Å². The van der Waals surface area contributed by atoms with Crippen LogP contribution in [0, 0.1) is 5.92 Å². The number of hydrogen-bond acceptors (Lipinski definition) is 4. The largest absolute Gasteiger partial charge is 0.346 e. The predicted molar refractivity (Wildman–Crippen MR) is 87.5 cm³/mol. The van der Waals surface area contributed by atoms with Gasteiger partial charge in [0.25, 0.3) is 0 Å². The first-order chi connectivity index (χ1) is 10.2. The van der Waals surface area contributed by atoms with Crippen molar-refractivity contribution in [2.75, 3.05) is 27.7 Å². The van der Waals surface area contributed by atoms with Crippen LogP contribution in [0.2, 0.25) is 0 Å². The van der Waals surface area contributed by atoms with Crippen molar-refractivity contribution in [2.45, 2.75) is 52.1 Å². The van der Waals surface area contributed by atoms with Crippen molar-refractivity contribution in [3.05, 3.63) is 0 Å². The average Bonchev–Trinajstić information content (AvgIpc) is 2.46. The summed E-state index contributed by atoms with van der Waals surface area (Å²) in [5.41, 5.74) is 0. The summed E-state index contributed by atoms with van der Waals surface area (Å²) < 4.78 is 0. The number of nitrogens with one attached hydrogen (secondary N) is 1. The van der Waals surface area contributed by atoms with E-state index in [9.17, 15) is 14.4 Å². The number of likely N-dealkylation sites (N-methyl/N-ethyl adjacent to an activating group) is 2. The Balaban J connectivity index is 4.52. The molecule has 0 fully saturated rings. The third-order valence-electron chi connectivity index (χ3n) is 3.66. The molecule has 0 radical (unpaired) electrons. The Morgan fingerprint density at radius 3 is 2.18 bits per heavy atom. The Bertz CT molecular complexity index is 370. The minimum atomic E-state index is -0.440. The van der Waals surface area contributed by atoms with Crippen LogP contribution < -0.4 is 5.32 Å². The quantitative estimate of drug-likeness (QED) is 0.609. The summed E-state index contributed by atoms with van der Waals surface area (Å²) in [5, 5.41) is 2.67. The minimum Gasteiger partial charge on any atom is -0.346 e. The molecule has 6 nitrogen and oxygen atoms in total. The Hall–Kier alpha value is -1.43. The van der Waals surface area contributed by atoms with Crippen LogP contribution in [0.15, 0.2) is 0 Å². The molecule has 128 valence electrons. The maximum absolute atomic E-state index is 12.1. The number of amides is 2. The van der Waals surface area contributed by atoms with Crippen LogP contribution in [-0.4, -0.2) is 67.7 Å². The van der Waals surface area contributed by atoms with E-state index in [1.807, 2.05) is 39.8 Å². The van der Waals surface area contributed by atoms with Crippen molar-refractivity contribution >= 4 is 18.1 Å². The van der Waals surface area contributed by atoms with Gasteiger partial charge in [-0.15, -0.1) is 0 Å². The smallest absolute Gasteiger partial charge is 0.242 e. The summed E-state index contributed by atoms with van der Waals surface area (Å²) in [4.78, 5) is 38.6. The summed E-state index contributed by atoms with van der Waals surface area (Å²) in [5.74, 6) is -0.0806. The third kappa shape index (κ3) is 7.02. The van der Waals surface area contributed by atoms with Gasteiger partial charge in [-0.25, -0.2) is 0 Å². The number of rotatable bonds is 10. The van der Waals surface area contributed by atoms with Gasteiger partial charge in [0.15, 0.2) is 0 Å². The number of carbonyl (C=O) groups excluding carboxylic acids is 3. The molecular formula is C16H31N3O3. The summed E-state index contributed by atoms with van der Waals surface area (Å²) in [6, 6.07) is -0.676. The highest BCUT2D eigenvalue weighted by Gasteiger charge is 2.23. The molecule has 0 bridgehead atoms. The van der Waals surface area contributed by atoms with Crippen LogP contribution in [0.3, 0.4) is 0 Å². The lowest BCUT2D eigenvalue weighted by atomic mass is 10.0. The highest BCUT2D eigenvalue weighted by atomic mass is 16.2. The Morgan fingerprint density at radius 1 is 1.18 bits per heavy atom. The first kappa shape index (κ1) is 20.6. The predicted octanol–water partition coefficient (Wildman–Crippen LogP) is 0.905. The molecule has 0 saturated carbocycles. The SMILES string of the molecule is CCCC(C(=O)NCC(=O)N(C)[C@H](C=O)CC(C)C)N(C)C. The zero-order valence-electron chi connectivity index (χ0n) is 14.8. The van der Waals surface area contributed by atoms with E-state index in [2.05, 4.69) is 5.32 Å².